The van der Waals surface area contributed by atoms with Crippen LogP contribution in [0.1, 0.15) is 40.4 Å². The fourth-order valence-electron chi connectivity index (χ4n) is 3.63. The third kappa shape index (κ3) is 4.16. The zero-order valence-electron chi connectivity index (χ0n) is 16.7. The summed E-state index contributed by atoms with van der Waals surface area (Å²) in [4.78, 5) is 7.26. The minimum atomic E-state index is 0.327. The van der Waals surface area contributed by atoms with Crippen molar-refractivity contribution in [3.05, 3.63) is 99.5 Å². The molecule has 0 fully saturated rings. The van der Waals surface area contributed by atoms with Crippen LogP contribution in [0.15, 0.2) is 72.1 Å². The van der Waals surface area contributed by atoms with E-state index in [0.29, 0.717) is 6.04 Å². The second-order valence-electron chi connectivity index (χ2n) is 7.55. The standard InChI is InChI=1S/C25H26N2S/c1-18-11-13-20(14-12-18)15-25-26-22(17-28-25)16-27(3)19(2)23-10-6-8-21-7-4-5-9-24(21)23/h4-14,17,19H,15-16H2,1-3H3/t19-/m0/s1. The Balaban J connectivity index is 1.46. The molecule has 142 valence electrons. The van der Waals surface area contributed by atoms with E-state index in [4.69, 9.17) is 4.98 Å². The summed E-state index contributed by atoms with van der Waals surface area (Å²) in [5, 5.41) is 6.03. The second-order valence-corrected chi connectivity index (χ2v) is 8.50. The van der Waals surface area contributed by atoms with Crippen molar-refractivity contribution in [2.75, 3.05) is 7.05 Å². The van der Waals surface area contributed by atoms with Gasteiger partial charge in [0.2, 0.25) is 0 Å². The lowest BCUT2D eigenvalue weighted by Crippen LogP contribution is -2.22. The van der Waals surface area contributed by atoms with Gasteiger partial charge in [-0.2, -0.15) is 0 Å². The molecule has 0 amide bonds. The molecule has 0 bridgehead atoms. The highest BCUT2D eigenvalue weighted by molar-refractivity contribution is 7.09. The molecule has 0 spiro atoms. The van der Waals surface area contributed by atoms with Crippen molar-refractivity contribution in [2.24, 2.45) is 0 Å². The van der Waals surface area contributed by atoms with Crippen LogP contribution in [0, 0.1) is 6.92 Å². The summed E-state index contributed by atoms with van der Waals surface area (Å²) in [5.41, 5.74) is 5.15. The molecule has 0 saturated heterocycles. The van der Waals surface area contributed by atoms with E-state index in [-0.39, 0.29) is 0 Å². The van der Waals surface area contributed by atoms with Crippen LogP contribution in [0.2, 0.25) is 0 Å². The number of nitrogens with zero attached hydrogens (tertiary/aromatic N) is 2. The van der Waals surface area contributed by atoms with Crippen LogP contribution < -0.4 is 0 Å². The van der Waals surface area contributed by atoms with Crippen LogP contribution >= 0.6 is 11.3 Å². The Kier molecular flexibility index (Phi) is 5.56. The summed E-state index contributed by atoms with van der Waals surface area (Å²) in [7, 11) is 2.19. The molecule has 4 rings (SSSR count). The molecule has 0 unspecified atom stereocenters. The lowest BCUT2D eigenvalue weighted by Gasteiger charge is -2.25. The van der Waals surface area contributed by atoms with Crippen LogP contribution in [0.5, 0.6) is 0 Å². The Morgan fingerprint density at radius 1 is 0.964 bits per heavy atom. The van der Waals surface area contributed by atoms with Crippen LogP contribution in [0.4, 0.5) is 0 Å². The van der Waals surface area contributed by atoms with Crippen molar-refractivity contribution in [1.82, 2.24) is 9.88 Å². The molecule has 28 heavy (non-hydrogen) atoms. The lowest BCUT2D eigenvalue weighted by molar-refractivity contribution is 0.252. The van der Waals surface area contributed by atoms with E-state index >= 15 is 0 Å². The van der Waals surface area contributed by atoms with Gasteiger partial charge >= 0.3 is 0 Å². The van der Waals surface area contributed by atoms with Crippen molar-refractivity contribution in [3.63, 3.8) is 0 Å². The maximum atomic E-state index is 4.88. The van der Waals surface area contributed by atoms with Crippen molar-refractivity contribution in [1.29, 1.82) is 0 Å². The summed E-state index contributed by atoms with van der Waals surface area (Å²) in [6.45, 7) is 5.26. The van der Waals surface area contributed by atoms with Crippen LogP contribution in [0.3, 0.4) is 0 Å². The smallest absolute Gasteiger partial charge is 0.0972 e. The van der Waals surface area contributed by atoms with Gasteiger partial charge in [0.1, 0.15) is 0 Å². The van der Waals surface area contributed by atoms with Gasteiger partial charge in [0.05, 0.1) is 10.7 Å². The minimum Gasteiger partial charge on any atom is -0.294 e. The van der Waals surface area contributed by atoms with Gasteiger partial charge in [-0.3, -0.25) is 4.90 Å². The summed E-state index contributed by atoms with van der Waals surface area (Å²) >= 11 is 1.76. The number of rotatable bonds is 6. The van der Waals surface area contributed by atoms with Crippen LogP contribution in [-0.4, -0.2) is 16.9 Å². The van der Waals surface area contributed by atoms with Crippen LogP contribution in [-0.2, 0) is 13.0 Å². The predicted molar refractivity (Wildman–Crippen MR) is 120 cm³/mol. The van der Waals surface area contributed by atoms with Gasteiger partial charge in [0.15, 0.2) is 0 Å². The Labute approximate surface area is 171 Å². The monoisotopic (exact) mass is 386 g/mol. The van der Waals surface area contributed by atoms with Crippen molar-refractivity contribution >= 4 is 22.1 Å². The number of thiazole rings is 1. The SMILES string of the molecule is Cc1ccc(Cc2nc(CN(C)[C@@H](C)c3cccc4ccccc34)cs2)cc1. The van der Waals surface area contributed by atoms with Crippen molar-refractivity contribution in [2.45, 2.75) is 32.9 Å². The molecule has 1 aromatic heterocycles. The fourth-order valence-corrected chi connectivity index (χ4v) is 4.45. The average molecular weight is 387 g/mol. The highest BCUT2D eigenvalue weighted by Crippen LogP contribution is 2.28. The maximum absolute atomic E-state index is 4.88. The van der Waals surface area contributed by atoms with E-state index in [2.05, 4.69) is 97.9 Å². The number of hydrogen-bond donors (Lipinski definition) is 0. The van der Waals surface area contributed by atoms with Gasteiger partial charge in [0, 0.05) is 24.4 Å². The van der Waals surface area contributed by atoms with E-state index < -0.39 is 0 Å². The number of fused-ring (bicyclic) bond motifs is 1. The first-order valence-electron chi connectivity index (χ1n) is 9.77. The molecule has 0 aliphatic carbocycles. The molecule has 1 heterocycles. The van der Waals surface area contributed by atoms with Gasteiger partial charge < -0.3 is 0 Å². The van der Waals surface area contributed by atoms with Gasteiger partial charge in [-0.1, -0.05) is 72.3 Å². The fraction of sp³-hybridized carbons (Fsp3) is 0.240. The molecular formula is C25H26N2S. The summed E-state index contributed by atoms with van der Waals surface area (Å²) in [5.74, 6) is 0. The van der Waals surface area contributed by atoms with Crippen molar-refractivity contribution in [3.8, 4) is 0 Å². The molecule has 2 nitrogen and oxygen atoms in total. The minimum absolute atomic E-state index is 0.327. The third-order valence-electron chi connectivity index (χ3n) is 5.42. The summed E-state index contributed by atoms with van der Waals surface area (Å²) in [6.07, 6.45) is 0.910. The molecule has 0 aliphatic rings. The third-order valence-corrected chi connectivity index (χ3v) is 6.32. The molecular weight excluding hydrogens is 360 g/mol. The number of benzene rings is 3. The Hall–Kier alpha value is -2.49. The molecule has 1 atom stereocenters. The zero-order valence-corrected chi connectivity index (χ0v) is 17.5. The Morgan fingerprint density at radius 3 is 2.54 bits per heavy atom. The lowest BCUT2D eigenvalue weighted by atomic mass is 9.99. The molecule has 0 saturated carbocycles. The average Bonchev–Trinajstić information content (AvgIpc) is 3.15. The number of aromatic nitrogens is 1. The molecule has 3 aromatic carbocycles. The van der Waals surface area contributed by atoms with Crippen LogP contribution in [0.25, 0.3) is 10.8 Å². The first-order valence-corrected chi connectivity index (χ1v) is 10.6. The van der Waals surface area contributed by atoms with Crippen molar-refractivity contribution < 1.29 is 0 Å². The second kappa shape index (κ2) is 8.26. The highest BCUT2D eigenvalue weighted by atomic mass is 32.1. The molecule has 0 N–H and O–H groups in total. The highest BCUT2D eigenvalue weighted by Gasteiger charge is 2.16. The molecule has 3 heteroatoms. The van der Waals surface area contributed by atoms with Gasteiger partial charge in [0.25, 0.3) is 0 Å². The normalized spacial score (nSPS) is 12.6. The first kappa shape index (κ1) is 18.9. The topological polar surface area (TPSA) is 16.1 Å². The van der Waals surface area contributed by atoms with E-state index in [9.17, 15) is 0 Å². The summed E-state index contributed by atoms with van der Waals surface area (Å²) < 4.78 is 0. The molecule has 0 radical (unpaired) electrons. The quantitative estimate of drug-likeness (QED) is 0.382. The van der Waals surface area contributed by atoms with E-state index in [1.165, 1.54) is 32.5 Å². The zero-order chi connectivity index (χ0) is 19.5. The number of hydrogen-bond acceptors (Lipinski definition) is 3. The first-order chi connectivity index (χ1) is 13.6. The molecule has 4 aromatic rings. The van der Waals surface area contributed by atoms with Gasteiger partial charge in [-0.15, -0.1) is 11.3 Å². The summed E-state index contributed by atoms with van der Waals surface area (Å²) in [6, 6.07) is 24.3. The van der Waals surface area contributed by atoms with E-state index in [1.54, 1.807) is 11.3 Å². The maximum Gasteiger partial charge on any atom is 0.0972 e. The Bertz CT molecular complexity index is 1060. The largest absolute Gasteiger partial charge is 0.294 e. The molecule has 0 aliphatic heterocycles. The van der Waals surface area contributed by atoms with Gasteiger partial charge in [-0.25, -0.2) is 4.98 Å². The van der Waals surface area contributed by atoms with Gasteiger partial charge in [-0.05, 0) is 42.8 Å². The van der Waals surface area contributed by atoms with E-state index in [0.717, 1.165) is 18.7 Å². The Morgan fingerprint density at radius 2 is 1.71 bits per heavy atom. The van der Waals surface area contributed by atoms with E-state index in [1.807, 2.05) is 0 Å². The predicted octanol–water partition coefficient (Wildman–Crippen LogP) is 6.39. The number of aryl methyl sites for hydroxylation is 1.